The molecule has 2 aliphatic rings. The number of allylic oxidation sites excluding steroid dienone is 9. The first-order chi connectivity index (χ1) is 19.9. The van der Waals surface area contributed by atoms with Crippen molar-refractivity contribution < 1.29 is 9.90 Å². The van der Waals surface area contributed by atoms with Crippen LogP contribution >= 0.6 is 15.9 Å². The molecular formula is C33H48BrN5O2. The number of nitrogens with zero attached hydrogens (tertiary/aromatic N) is 3. The number of carbonyl (C=O) groups is 1. The fourth-order valence-electron chi connectivity index (χ4n) is 4.62. The number of anilines is 1. The van der Waals surface area contributed by atoms with Crippen LogP contribution in [0.3, 0.4) is 0 Å². The lowest BCUT2D eigenvalue weighted by atomic mass is 9.82. The van der Waals surface area contributed by atoms with Crippen LogP contribution in [0.4, 0.5) is 5.82 Å². The minimum atomic E-state index is 0.248. The molecule has 3 N–H and O–H groups in total. The van der Waals surface area contributed by atoms with Crippen LogP contribution in [0.1, 0.15) is 84.8 Å². The zero-order chi connectivity index (χ0) is 30.0. The van der Waals surface area contributed by atoms with E-state index in [0.29, 0.717) is 6.42 Å². The summed E-state index contributed by atoms with van der Waals surface area (Å²) in [5.41, 5.74) is 5.13. The number of fused-ring (bicyclic) bond motifs is 2. The van der Waals surface area contributed by atoms with Gasteiger partial charge in [-0.25, -0.2) is 4.98 Å². The Morgan fingerprint density at radius 1 is 1.22 bits per heavy atom. The normalized spacial score (nSPS) is 16.8. The zero-order valence-corrected chi connectivity index (χ0v) is 27.0. The molecule has 0 saturated heterocycles. The van der Waals surface area contributed by atoms with Crippen LogP contribution in [0.15, 0.2) is 70.1 Å². The van der Waals surface area contributed by atoms with Gasteiger partial charge in [0, 0.05) is 24.1 Å². The molecule has 0 aliphatic heterocycles. The van der Waals surface area contributed by atoms with Crippen molar-refractivity contribution in [3.05, 3.63) is 75.8 Å². The molecule has 1 saturated carbocycles. The Hall–Kier alpha value is -2.97. The minimum Gasteiger partial charge on any atom is -0.508 e. The molecule has 2 aromatic heterocycles. The monoisotopic (exact) mass is 625 g/mol. The first-order valence-electron chi connectivity index (χ1n) is 14.9. The quantitative estimate of drug-likeness (QED) is 0.106. The number of halogens is 1. The Morgan fingerprint density at radius 2 is 1.98 bits per heavy atom. The van der Waals surface area contributed by atoms with Crippen molar-refractivity contribution in [1.82, 2.24) is 19.9 Å². The number of aliphatic hydroxyl groups is 1. The van der Waals surface area contributed by atoms with E-state index in [9.17, 15) is 9.90 Å². The highest BCUT2D eigenvalue weighted by molar-refractivity contribution is 9.10. The smallest absolute Gasteiger partial charge is 0.172 e. The predicted molar refractivity (Wildman–Crippen MR) is 176 cm³/mol. The molecular weight excluding hydrogens is 578 g/mol. The summed E-state index contributed by atoms with van der Waals surface area (Å²) in [6.07, 6.45) is 23.3. The molecule has 0 spiro atoms. The van der Waals surface area contributed by atoms with Gasteiger partial charge in [0.1, 0.15) is 17.9 Å². The summed E-state index contributed by atoms with van der Waals surface area (Å²) in [5.74, 6) is 1.38. The van der Waals surface area contributed by atoms with Gasteiger partial charge in [0.2, 0.25) is 0 Å². The number of rotatable bonds is 10. The SMILES string of the molecule is C/C=C\C(O)=C(/CC)c1cc(NCCCCNC)n2ncc(Br)c2n1.CCC.O=CC1CCC2=CC=CCC=C2C1. The molecule has 2 aromatic rings. The van der Waals surface area contributed by atoms with Crippen molar-refractivity contribution in [2.45, 2.75) is 79.1 Å². The van der Waals surface area contributed by atoms with Crippen LogP contribution in [0.2, 0.25) is 0 Å². The van der Waals surface area contributed by atoms with E-state index >= 15 is 0 Å². The molecule has 41 heavy (non-hydrogen) atoms. The second-order valence-corrected chi connectivity index (χ2v) is 11.0. The number of unbranched alkanes of at least 4 members (excludes halogenated alkanes) is 1. The number of aromatic nitrogens is 3. The third-order valence-electron chi connectivity index (χ3n) is 6.69. The van der Waals surface area contributed by atoms with Crippen molar-refractivity contribution >= 4 is 39.3 Å². The standard InChI is InChI=1S/C18H26BrN5O.C12H14O.C3H8/c1-4-8-16(25)13(5-2)15-11-17(21-10-7-6-9-20-3)24-18(23-15)14(19)12-22-24;13-9-10-6-7-11-4-2-1-3-5-12(11)8-10;1-3-2/h4,8,11-12,20-21,25H,5-7,9-10H2,1-3H3;1-2,4-5,9-10H,3,6-8H2;3H2,1-2H3/b8-4-,16-13-;;. The number of nitrogens with one attached hydrogen (secondary N) is 2. The molecule has 0 bridgehead atoms. The van der Waals surface area contributed by atoms with Crippen LogP contribution in [0, 0.1) is 5.92 Å². The summed E-state index contributed by atoms with van der Waals surface area (Å²) in [6.45, 7) is 10.00. The van der Waals surface area contributed by atoms with Crippen molar-refractivity contribution in [2.24, 2.45) is 5.92 Å². The van der Waals surface area contributed by atoms with Crippen LogP contribution in [-0.2, 0) is 4.79 Å². The van der Waals surface area contributed by atoms with Gasteiger partial charge in [-0.3, -0.25) is 0 Å². The second-order valence-electron chi connectivity index (χ2n) is 10.1. The number of hydrogen-bond acceptors (Lipinski definition) is 6. The Balaban J connectivity index is 0.000000305. The van der Waals surface area contributed by atoms with Gasteiger partial charge in [0.15, 0.2) is 5.65 Å². The maximum atomic E-state index is 10.7. The average molecular weight is 627 g/mol. The summed E-state index contributed by atoms with van der Waals surface area (Å²) in [5, 5.41) is 21.3. The maximum absolute atomic E-state index is 10.7. The topological polar surface area (TPSA) is 91.6 Å². The van der Waals surface area contributed by atoms with Crippen molar-refractivity contribution in [2.75, 3.05) is 25.5 Å². The third kappa shape index (κ3) is 10.7. The van der Waals surface area contributed by atoms with Gasteiger partial charge in [-0.2, -0.15) is 9.61 Å². The van der Waals surface area contributed by atoms with E-state index in [4.69, 9.17) is 0 Å². The molecule has 8 heteroatoms. The molecule has 0 amide bonds. The van der Waals surface area contributed by atoms with Gasteiger partial charge in [-0.05, 0) is 98.6 Å². The lowest BCUT2D eigenvalue weighted by Gasteiger charge is -2.22. The van der Waals surface area contributed by atoms with Crippen molar-refractivity contribution in [3.8, 4) is 0 Å². The molecule has 7 nitrogen and oxygen atoms in total. The van der Waals surface area contributed by atoms with Gasteiger partial charge in [-0.15, -0.1) is 0 Å². The highest BCUT2D eigenvalue weighted by atomic mass is 79.9. The maximum Gasteiger partial charge on any atom is 0.172 e. The van der Waals surface area contributed by atoms with Gasteiger partial charge in [0.25, 0.3) is 0 Å². The van der Waals surface area contributed by atoms with Gasteiger partial charge in [0.05, 0.1) is 16.4 Å². The van der Waals surface area contributed by atoms with E-state index < -0.39 is 0 Å². The summed E-state index contributed by atoms with van der Waals surface area (Å²) < 4.78 is 2.61. The summed E-state index contributed by atoms with van der Waals surface area (Å²) in [4.78, 5) is 15.3. The van der Waals surface area contributed by atoms with Crippen molar-refractivity contribution in [3.63, 3.8) is 0 Å². The van der Waals surface area contributed by atoms with E-state index in [-0.39, 0.29) is 11.7 Å². The molecule has 2 aliphatic carbocycles. The molecule has 1 atom stereocenters. The highest BCUT2D eigenvalue weighted by Gasteiger charge is 2.20. The third-order valence-corrected chi connectivity index (χ3v) is 7.25. The molecule has 224 valence electrons. The van der Waals surface area contributed by atoms with E-state index in [1.54, 1.807) is 16.8 Å². The van der Waals surface area contributed by atoms with Crippen molar-refractivity contribution in [1.29, 1.82) is 0 Å². The second kappa shape index (κ2) is 19.2. The van der Waals surface area contributed by atoms with Crippen LogP contribution < -0.4 is 10.6 Å². The fraction of sp³-hybridized carbons (Fsp3) is 0.485. The lowest BCUT2D eigenvalue weighted by Crippen LogP contribution is -2.12. The first-order valence-corrected chi connectivity index (χ1v) is 15.7. The van der Waals surface area contributed by atoms with Crippen LogP contribution in [0.5, 0.6) is 0 Å². The fourth-order valence-corrected chi connectivity index (χ4v) is 4.97. The predicted octanol–water partition coefficient (Wildman–Crippen LogP) is 8.37. The summed E-state index contributed by atoms with van der Waals surface area (Å²) in [7, 11) is 1.96. The summed E-state index contributed by atoms with van der Waals surface area (Å²) in [6, 6.07) is 1.95. The Bertz CT molecular complexity index is 1260. The molecule has 4 rings (SSSR count). The number of aldehydes is 1. The molecule has 0 aromatic carbocycles. The first kappa shape index (κ1) is 34.2. The van der Waals surface area contributed by atoms with Crippen LogP contribution in [-0.4, -0.2) is 46.1 Å². The van der Waals surface area contributed by atoms with Crippen LogP contribution in [0.25, 0.3) is 11.2 Å². The van der Waals surface area contributed by atoms with E-state index in [0.717, 1.165) is 85.1 Å². The molecule has 2 heterocycles. The average Bonchev–Trinajstić information content (AvgIpc) is 3.19. The number of carbonyl (C=O) groups excluding carboxylic acids is 1. The van der Waals surface area contributed by atoms with E-state index in [2.05, 4.69) is 74.8 Å². The Morgan fingerprint density at radius 3 is 2.66 bits per heavy atom. The largest absolute Gasteiger partial charge is 0.508 e. The summed E-state index contributed by atoms with van der Waals surface area (Å²) >= 11 is 3.50. The highest BCUT2D eigenvalue weighted by Crippen LogP contribution is 2.33. The molecule has 0 radical (unpaired) electrons. The van der Waals surface area contributed by atoms with E-state index in [1.807, 2.05) is 33.0 Å². The Kier molecular flexibility index (Phi) is 16.0. The zero-order valence-electron chi connectivity index (χ0n) is 25.4. The Labute approximate surface area is 254 Å². The molecule has 1 fully saturated rings. The lowest BCUT2D eigenvalue weighted by molar-refractivity contribution is -0.111. The number of aliphatic hydroxyl groups excluding tert-OH is 1. The number of hydrogen-bond donors (Lipinski definition) is 3. The molecule has 1 unspecified atom stereocenters. The minimum absolute atomic E-state index is 0.248. The van der Waals surface area contributed by atoms with Gasteiger partial charge < -0.3 is 20.5 Å². The van der Waals surface area contributed by atoms with Gasteiger partial charge in [-0.1, -0.05) is 57.6 Å². The van der Waals surface area contributed by atoms with Gasteiger partial charge >= 0.3 is 0 Å². The van der Waals surface area contributed by atoms with E-state index in [1.165, 1.54) is 17.6 Å².